The van der Waals surface area contributed by atoms with E-state index < -0.39 is 23.3 Å². The maximum Gasteiger partial charge on any atom is 0.170 e. The van der Waals surface area contributed by atoms with Gasteiger partial charge in [0.05, 0.1) is 58.0 Å². The zero-order valence-corrected chi connectivity index (χ0v) is 84.8. The molecule has 0 fully saturated rings. The van der Waals surface area contributed by atoms with Crippen LogP contribution in [-0.2, 0) is 25.9 Å². The van der Waals surface area contributed by atoms with Gasteiger partial charge >= 0.3 is 0 Å². The molecule has 0 amide bonds. The summed E-state index contributed by atoms with van der Waals surface area (Å²) >= 11 is 16.4. The molecule has 0 bridgehead atoms. The molecule has 0 aliphatic heterocycles. The van der Waals surface area contributed by atoms with E-state index in [1.165, 1.54) is 152 Å². The maximum atomic E-state index is 18.1. The van der Waals surface area contributed by atoms with Crippen molar-refractivity contribution in [1.29, 1.82) is 0 Å². The van der Waals surface area contributed by atoms with Crippen LogP contribution in [0.1, 0.15) is 284 Å². The third-order valence-corrected chi connectivity index (χ3v) is 37.9. The van der Waals surface area contributed by atoms with E-state index in [1.807, 2.05) is 71.2 Å². The van der Waals surface area contributed by atoms with Crippen molar-refractivity contribution in [2.24, 2.45) is 23.7 Å². The fourth-order valence-electron chi connectivity index (χ4n) is 17.9. The molecule has 8 nitrogen and oxygen atoms in total. The number of aromatic nitrogens is 6. The van der Waals surface area contributed by atoms with Gasteiger partial charge < -0.3 is 9.47 Å². The lowest BCUT2D eigenvalue weighted by Crippen LogP contribution is -2.13. The number of nitrogens with zero attached hydrogens (tertiary/aromatic N) is 6. The molecule has 0 N–H and O–H groups in total. The van der Waals surface area contributed by atoms with Gasteiger partial charge in [-0.05, 0) is 197 Å². The standard InChI is InChI=1S/C106H128F4N6O2S10/c1-11-21-29-33-41-69(39-27-17-7)63-115-111-99-91(85-57-53-81(123-85)79-51-49-77(121-79)75-47-45-71(119-75)43-35-31-23-13-3)95(107)97(109)93(101(99)113-115)87-59-55-83(125-87)89-61-73-103(117-65-67(19-9)37-25-15-5)106-74(104(105(73)127-89)118-66-68(20-10)38-26-16-6)62-90(128-106)84-56-60-88(126-84)94-98(110)96(108)92(100-102(94)114-116(112-100)64-70(40-28-18-8)42-34-30-22-12-2)86-58-54-82(124-86)80-52-50-78(122-80)76-48-46-72(120-76)44-36-32-24-14-4/h45-62,67-70H,11-44,63-66H2,1-10H3. The van der Waals surface area contributed by atoms with E-state index in [0.29, 0.717) is 91.6 Å². The molecule has 12 heterocycles. The lowest BCUT2D eigenvalue weighted by Gasteiger charge is -2.19. The summed E-state index contributed by atoms with van der Waals surface area (Å²) in [7, 11) is 0. The summed E-state index contributed by atoms with van der Waals surface area (Å²) in [5.41, 5.74) is 2.00. The number of aryl methyl sites for hydroxylation is 2. The third kappa shape index (κ3) is 22.7. The molecule has 0 aliphatic rings. The Bertz CT molecular complexity index is 5650. The Labute approximate surface area is 797 Å². The van der Waals surface area contributed by atoms with Crippen molar-refractivity contribution < 1.29 is 27.0 Å². The SMILES string of the molecule is CCCCCCc1ccc(-c2ccc(-c3ccc(-c4c(F)c(F)c(-c5ccc(-c6cc7c(OCC(CC)CCCC)c8sc(-c9ccc(-c%10c(F)c(F)c(-c%11ccc(-c%12ccc(-c%13ccc(CCCCCC)s%13)s%12)s%11)c%11nn(CC(CCCC)CCCCCC)nc%10%11)s9)cc8c(OCC(CC)CCCC)c7s6)s5)c5nn(CC(CCCC)CCCCCC)nc45)s3)s2)s1. The summed E-state index contributed by atoms with van der Waals surface area (Å²) in [6.45, 7) is 24.6. The number of rotatable bonds is 54. The molecular formula is C106H128F4N6O2S10. The number of thiophene rings is 10. The Kier molecular flexibility index (Phi) is 35.1. The predicted octanol–water partition coefficient (Wildman–Crippen LogP) is 38.3. The third-order valence-electron chi connectivity index (χ3n) is 25.6. The van der Waals surface area contributed by atoms with E-state index in [0.717, 1.165) is 212 Å². The zero-order chi connectivity index (χ0) is 89.2. The Morgan fingerprint density at radius 1 is 0.266 bits per heavy atom. The molecule has 4 atom stereocenters. The first kappa shape index (κ1) is 95.9. The maximum absolute atomic E-state index is 18.1. The molecule has 0 spiro atoms. The number of unbranched alkanes of at least 4 members (excludes halogenated alkanes) is 16. The van der Waals surface area contributed by atoms with Gasteiger partial charge in [-0.1, -0.05) is 223 Å². The molecule has 4 unspecified atom stereocenters. The minimum absolute atomic E-state index is 0.124. The molecule has 15 rings (SSSR count). The Balaban J connectivity index is 0.812. The van der Waals surface area contributed by atoms with Crippen molar-refractivity contribution in [3.8, 4) is 112 Å². The van der Waals surface area contributed by atoms with Crippen LogP contribution in [0.25, 0.3) is 143 Å². The van der Waals surface area contributed by atoms with Crippen LogP contribution in [0, 0.1) is 46.9 Å². The monoisotopic (exact) mass is 1910 g/mol. The van der Waals surface area contributed by atoms with Gasteiger partial charge in [0.2, 0.25) is 0 Å². The highest BCUT2D eigenvalue weighted by Crippen LogP contribution is 2.57. The molecule has 22 heteroatoms. The van der Waals surface area contributed by atoms with E-state index in [1.54, 1.807) is 54.9 Å². The van der Waals surface area contributed by atoms with Crippen LogP contribution in [0.4, 0.5) is 17.6 Å². The van der Waals surface area contributed by atoms with Gasteiger partial charge in [0.25, 0.3) is 0 Å². The van der Waals surface area contributed by atoms with Crippen LogP contribution in [-0.4, -0.2) is 43.2 Å². The van der Waals surface area contributed by atoms with Crippen molar-refractivity contribution in [3.63, 3.8) is 0 Å². The van der Waals surface area contributed by atoms with E-state index in [-0.39, 0.29) is 22.3 Å². The van der Waals surface area contributed by atoms with Crippen LogP contribution in [0.15, 0.2) is 109 Å². The lowest BCUT2D eigenvalue weighted by molar-refractivity contribution is 0.235. The van der Waals surface area contributed by atoms with Gasteiger partial charge in [-0.3, -0.25) is 0 Å². The molecule has 0 saturated heterocycles. The van der Waals surface area contributed by atoms with E-state index in [9.17, 15) is 0 Å². The number of ether oxygens (including phenoxy) is 2. The quantitative estimate of drug-likeness (QED) is 0.0279. The number of halogens is 4. The zero-order valence-electron chi connectivity index (χ0n) is 76.7. The summed E-state index contributed by atoms with van der Waals surface area (Å²) in [6.07, 6.45) is 38.2. The second kappa shape index (κ2) is 46.8. The summed E-state index contributed by atoms with van der Waals surface area (Å²) < 4.78 is 89.0. The largest absolute Gasteiger partial charge is 0.491 e. The van der Waals surface area contributed by atoms with Gasteiger partial charge in [0, 0.05) is 98.6 Å². The number of hydrogen-bond donors (Lipinski definition) is 0. The first-order chi connectivity index (χ1) is 62.7. The molecule has 128 heavy (non-hydrogen) atoms. The second-order valence-corrected chi connectivity index (χ2v) is 46.3. The average molecular weight is 1910 g/mol. The molecule has 0 aliphatic carbocycles. The van der Waals surface area contributed by atoms with E-state index in [2.05, 4.69) is 130 Å². The van der Waals surface area contributed by atoms with Crippen LogP contribution in [0.3, 0.4) is 0 Å². The minimum atomic E-state index is -0.931. The van der Waals surface area contributed by atoms with Gasteiger partial charge in [-0.15, -0.1) is 113 Å². The highest BCUT2D eigenvalue weighted by atomic mass is 32.1. The molecule has 3 aromatic carbocycles. The Morgan fingerprint density at radius 3 is 0.812 bits per heavy atom. The van der Waals surface area contributed by atoms with Crippen molar-refractivity contribution in [1.82, 2.24) is 30.0 Å². The number of hydrogen-bond acceptors (Lipinski definition) is 16. The predicted molar refractivity (Wildman–Crippen MR) is 553 cm³/mol. The van der Waals surface area contributed by atoms with Crippen molar-refractivity contribution >= 4 is 156 Å². The molecular weight excluding hydrogens is 1790 g/mol. The average Bonchev–Trinajstić information content (AvgIpc) is 1.58. The van der Waals surface area contributed by atoms with Gasteiger partial charge in [-0.2, -0.15) is 30.0 Å². The lowest BCUT2D eigenvalue weighted by atomic mass is 9.95. The smallest absolute Gasteiger partial charge is 0.170 e. The van der Waals surface area contributed by atoms with Gasteiger partial charge in [0.15, 0.2) is 23.3 Å². The normalized spacial score (nSPS) is 13.0. The highest BCUT2D eigenvalue weighted by molar-refractivity contribution is 7.30. The molecule has 12 aromatic heterocycles. The van der Waals surface area contributed by atoms with Crippen molar-refractivity contribution in [3.05, 3.63) is 142 Å². The second-order valence-electron chi connectivity index (χ2n) is 35.3. The van der Waals surface area contributed by atoms with Crippen LogP contribution < -0.4 is 9.47 Å². The molecule has 682 valence electrons. The van der Waals surface area contributed by atoms with E-state index in [4.69, 9.17) is 29.9 Å². The fraction of sp³-hybridized carbons (Fsp3) is 0.491. The summed E-state index contributed by atoms with van der Waals surface area (Å²) in [5, 5.41) is 22.9. The Hall–Kier alpha value is -6.70. The van der Waals surface area contributed by atoms with Crippen molar-refractivity contribution in [2.45, 2.75) is 301 Å². The van der Waals surface area contributed by atoms with E-state index >= 15 is 17.6 Å². The molecule has 0 saturated carbocycles. The van der Waals surface area contributed by atoms with Crippen LogP contribution in [0.5, 0.6) is 11.5 Å². The van der Waals surface area contributed by atoms with Crippen molar-refractivity contribution in [2.75, 3.05) is 13.2 Å². The fourth-order valence-corrected chi connectivity index (χ4v) is 29.1. The minimum Gasteiger partial charge on any atom is -0.491 e. The topological polar surface area (TPSA) is 79.9 Å². The van der Waals surface area contributed by atoms with Gasteiger partial charge in [-0.25, -0.2) is 17.6 Å². The number of fused-ring (bicyclic) bond motifs is 4. The summed E-state index contributed by atoms with van der Waals surface area (Å²) in [6, 6.07) is 38.2. The summed E-state index contributed by atoms with van der Waals surface area (Å²) in [4.78, 5) is 21.5. The number of benzene rings is 3. The molecule has 15 aromatic rings. The Morgan fingerprint density at radius 2 is 0.516 bits per heavy atom. The first-order valence-electron chi connectivity index (χ1n) is 48.3. The van der Waals surface area contributed by atoms with Crippen LogP contribution >= 0.6 is 113 Å². The van der Waals surface area contributed by atoms with Crippen LogP contribution in [0.2, 0.25) is 0 Å². The van der Waals surface area contributed by atoms with Gasteiger partial charge in [0.1, 0.15) is 33.6 Å². The summed E-state index contributed by atoms with van der Waals surface area (Å²) in [5.74, 6) is -0.916. The highest BCUT2D eigenvalue weighted by Gasteiger charge is 2.34. The molecule has 0 radical (unpaired) electrons. The first-order valence-corrected chi connectivity index (χ1v) is 56.4.